The van der Waals surface area contributed by atoms with Crippen LogP contribution in [0.4, 0.5) is 0 Å². The molecule has 66 valence electrons. The van der Waals surface area contributed by atoms with Gasteiger partial charge >= 0.3 is 0 Å². The van der Waals surface area contributed by atoms with Crippen LogP contribution in [-0.4, -0.2) is 13.7 Å². The molecule has 0 saturated carbocycles. The largest absolute Gasteiger partial charge is 0.384 e. The number of methoxy groups -OCH3 is 1. The van der Waals surface area contributed by atoms with Crippen molar-refractivity contribution >= 4 is 11.6 Å². The third-order valence-corrected chi connectivity index (χ3v) is 2.26. The Morgan fingerprint density at radius 3 is 2.75 bits per heavy atom. The maximum atomic E-state index is 6.01. The molecule has 0 heterocycles. The molecule has 0 fully saturated rings. The number of hydrogen-bond acceptors (Lipinski definition) is 1. The van der Waals surface area contributed by atoms with Crippen LogP contribution in [0, 0.1) is 6.92 Å². The van der Waals surface area contributed by atoms with Gasteiger partial charge in [0.25, 0.3) is 0 Å². The van der Waals surface area contributed by atoms with Crippen molar-refractivity contribution in [2.75, 3.05) is 13.7 Å². The molecule has 1 nitrogen and oxygen atoms in total. The molecule has 0 atom stereocenters. The van der Waals surface area contributed by atoms with Gasteiger partial charge in [0, 0.05) is 12.1 Å². The van der Waals surface area contributed by atoms with Gasteiger partial charge in [0.2, 0.25) is 0 Å². The van der Waals surface area contributed by atoms with Gasteiger partial charge in [-0.15, -0.1) is 0 Å². The molecule has 0 amide bonds. The molecular weight excluding hydrogens is 172 g/mol. The highest BCUT2D eigenvalue weighted by molar-refractivity contribution is 6.31. The predicted molar refractivity (Wildman–Crippen MR) is 51.8 cm³/mol. The van der Waals surface area contributed by atoms with Gasteiger partial charge in [0.05, 0.1) is 6.61 Å². The second-order valence-electron chi connectivity index (χ2n) is 2.78. The first kappa shape index (κ1) is 9.56. The van der Waals surface area contributed by atoms with Gasteiger partial charge in [0.1, 0.15) is 0 Å². The van der Waals surface area contributed by atoms with Gasteiger partial charge in [-0.05, 0) is 30.5 Å². The van der Waals surface area contributed by atoms with Crippen LogP contribution in [0.25, 0.3) is 0 Å². The zero-order valence-electron chi connectivity index (χ0n) is 7.43. The van der Waals surface area contributed by atoms with Crippen LogP contribution in [0.15, 0.2) is 18.2 Å². The van der Waals surface area contributed by atoms with E-state index in [1.54, 1.807) is 7.11 Å². The van der Waals surface area contributed by atoms with E-state index in [4.69, 9.17) is 16.3 Å². The minimum absolute atomic E-state index is 0.727. The molecule has 0 saturated heterocycles. The number of hydrogen-bond donors (Lipinski definition) is 0. The van der Waals surface area contributed by atoms with Crippen LogP contribution in [-0.2, 0) is 11.2 Å². The van der Waals surface area contributed by atoms with Crippen molar-refractivity contribution in [3.63, 3.8) is 0 Å². The zero-order valence-corrected chi connectivity index (χ0v) is 8.19. The van der Waals surface area contributed by atoms with Crippen molar-refractivity contribution in [1.82, 2.24) is 0 Å². The average Bonchev–Trinajstić information content (AvgIpc) is 2.04. The molecule has 0 aliphatic heterocycles. The van der Waals surface area contributed by atoms with Crippen molar-refractivity contribution in [3.8, 4) is 0 Å². The van der Waals surface area contributed by atoms with Gasteiger partial charge in [-0.25, -0.2) is 0 Å². The summed E-state index contributed by atoms with van der Waals surface area (Å²) in [6.45, 7) is 2.79. The summed E-state index contributed by atoms with van der Waals surface area (Å²) < 4.78 is 5.00. The number of benzene rings is 1. The summed E-state index contributed by atoms with van der Waals surface area (Å²) in [4.78, 5) is 0. The van der Waals surface area contributed by atoms with Gasteiger partial charge < -0.3 is 4.74 Å². The first-order chi connectivity index (χ1) is 5.75. The molecule has 2 heteroatoms. The summed E-state index contributed by atoms with van der Waals surface area (Å²) in [6.07, 6.45) is 0.891. The smallest absolute Gasteiger partial charge is 0.0503 e. The number of halogens is 1. The monoisotopic (exact) mass is 184 g/mol. The van der Waals surface area contributed by atoms with Crippen molar-refractivity contribution in [2.24, 2.45) is 0 Å². The summed E-state index contributed by atoms with van der Waals surface area (Å²) in [5.41, 5.74) is 2.43. The SMILES string of the molecule is COCCc1c(C)cccc1Cl. The molecule has 0 aliphatic rings. The molecular formula is C10H13ClO. The van der Waals surface area contributed by atoms with Gasteiger partial charge in [-0.1, -0.05) is 23.7 Å². The zero-order chi connectivity index (χ0) is 8.97. The highest BCUT2D eigenvalue weighted by Gasteiger charge is 2.01. The van der Waals surface area contributed by atoms with Crippen LogP contribution in [0.1, 0.15) is 11.1 Å². The Morgan fingerprint density at radius 1 is 1.42 bits per heavy atom. The third kappa shape index (κ3) is 2.23. The van der Waals surface area contributed by atoms with E-state index in [1.165, 1.54) is 11.1 Å². The second kappa shape index (κ2) is 4.48. The first-order valence-electron chi connectivity index (χ1n) is 3.98. The highest BCUT2D eigenvalue weighted by atomic mass is 35.5. The minimum atomic E-state index is 0.727. The van der Waals surface area contributed by atoms with Gasteiger partial charge in [-0.3, -0.25) is 0 Å². The summed E-state index contributed by atoms with van der Waals surface area (Å²) in [5, 5.41) is 0.840. The molecule has 1 rings (SSSR count). The maximum absolute atomic E-state index is 6.01. The lowest BCUT2D eigenvalue weighted by Gasteiger charge is -2.06. The lowest BCUT2D eigenvalue weighted by molar-refractivity contribution is 0.202. The number of rotatable bonds is 3. The second-order valence-corrected chi connectivity index (χ2v) is 3.19. The molecule has 0 N–H and O–H groups in total. The van der Waals surface area contributed by atoms with Crippen LogP contribution >= 0.6 is 11.6 Å². The third-order valence-electron chi connectivity index (χ3n) is 1.91. The average molecular weight is 185 g/mol. The Balaban J connectivity index is 2.81. The van der Waals surface area contributed by atoms with E-state index in [0.717, 1.165) is 18.1 Å². The van der Waals surface area contributed by atoms with Crippen LogP contribution in [0.3, 0.4) is 0 Å². The molecule has 0 radical (unpaired) electrons. The Hall–Kier alpha value is -0.530. The fourth-order valence-corrected chi connectivity index (χ4v) is 1.50. The maximum Gasteiger partial charge on any atom is 0.0503 e. The summed E-state index contributed by atoms with van der Waals surface area (Å²) >= 11 is 6.01. The summed E-state index contributed by atoms with van der Waals surface area (Å²) in [5.74, 6) is 0. The molecule has 0 aromatic heterocycles. The number of aryl methyl sites for hydroxylation is 1. The van der Waals surface area contributed by atoms with E-state index < -0.39 is 0 Å². The van der Waals surface area contributed by atoms with E-state index in [-0.39, 0.29) is 0 Å². The van der Waals surface area contributed by atoms with Crippen molar-refractivity contribution in [2.45, 2.75) is 13.3 Å². The molecule has 1 aromatic rings. The Bertz CT molecular complexity index is 238. The number of ether oxygens (including phenoxy) is 1. The van der Waals surface area contributed by atoms with E-state index in [9.17, 15) is 0 Å². The highest BCUT2D eigenvalue weighted by Crippen LogP contribution is 2.19. The first-order valence-corrected chi connectivity index (χ1v) is 4.36. The minimum Gasteiger partial charge on any atom is -0.384 e. The van der Waals surface area contributed by atoms with Crippen LogP contribution < -0.4 is 0 Å². The van der Waals surface area contributed by atoms with Gasteiger partial charge in [0.15, 0.2) is 0 Å². The Morgan fingerprint density at radius 2 is 2.17 bits per heavy atom. The molecule has 0 spiro atoms. The standard InChI is InChI=1S/C10H13ClO/c1-8-4-3-5-10(11)9(8)6-7-12-2/h3-5H,6-7H2,1-2H3. The van der Waals surface area contributed by atoms with E-state index in [0.29, 0.717) is 0 Å². The van der Waals surface area contributed by atoms with Crippen LogP contribution in [0.5, 0.6) is 0 Å². The van der Waals surface area contributed by atoms with Crippen molar-refractivity contribution in [3.05, 3.63) is 34.3 Å². The lowest BCUT2D eigenvalue weighted by Crippen LogP contribution is -1.97. The molecule has 0 aliphatic carbocycles. The van der Waals surface area contributed by atoms with E-state index in [1.807, 2.05) is 12.1 Å². The fourth-order valence-electron chi connectivity index (χ4n) is 1.19. The fraction of sp³-hybridized carbons (Fsp3) is 0.400. The predicted octanol–water partition coefficient (Wildman–Crippen LogP) is 2.84. The Labute approximate surface area is 78.3 Å². The normalized spacial score (nSPS) is 10.2. The lowest BCUT2D eigenvalue weighted by atomic mass is 10.1. The van der Waals surface area contributed by atoms with Crippen LogP contribution in [0.2, 0.25) is 5.02 Å². The molecule has 12 heavy (non-hydrogen) atoms. The summed E-state index contributed by atoms with van der Waals surface area (Å²) in [6, 6.07) is 5.95. The molecule has 1 aromatic carbocycles. The Kier molecular flexibility index (Phi) is 3.57. The molecule has 0 bridgehead atoms. The summed E-state index contributed by atoms with van der Waals surface area (Å²) in [7, 11) is 1.70. The van der Waals surface area contributed by atoms with Gasteiger partial charge in [-0.2, -0.15) is 0 Å². The topological polar surface area (TPSA) is 9.23 Å². The molecule has 0 unspecified atom stereocenters. The van der Waals surface area contributed by atoms with E-state index >= 15 is 0 Å². The van der Waals surface area contributed by atoms with Crippen molar-refractivity contribution < 1.29 is 4.74 Å². The van der Waals surface area contributed by atoms with E-state index in [2.05, 4.69) is 13.0 Å². The quantitative estimate of drug-likeness (QED) is 0.702. The van der Waals surface area contributed by atoms with Crippen molar-refractivity contribution in [1.29, 1.82) is 0 Å².